The quantitative estimate of drug-likeness (QED) is 0.727. The maximum absolute atomic E-state index is 13.3. The van der Waals surface area contributed by atoms with Crippen LogP contribution in [0.5, 0.6) is 0 Å². The highest BCUT2D eigenvalue weighted by atomic mass is 35.5. The average molecular weight is 389 g/mol. The molecular weight excluding hydrogens is 366 g/mol. The fourth-order valence-electron chi connectivity index (χ4n) is 2.73. The summed E-state index contributed by atoms with van der Waals surface area (Å²) in [7, 11) is 4.16. The second-order valence-corrected chi connectivity index (χ2v) is 8.29. The van der Waals surface area contributed by atoms with Gasteiger partial charge < -0.3 is 4.90 Å². The van der Waals surface area contributed by atoms with Crippen molar-refractivity contribution in [3.63, 3.8) is 0 Å². The van der Waals surface area contributed by atoms with Crippen molar-refractivity contribution in [3.8, 4) is 0 Å². The molecule has 0 aliphatic heterocycles. The molecule has 0 aliphatic carbocycles. The van der Waals surface area contributed by atoms with Crippen molar-refractivity contribution in [2.75, 3.05) is 32.1 Å². The SMILES string of the molecule is Cc1ccc(C)c(C(=O)N(CC[NH+](C)C)c2nc3ccc(Cl)cc3s2)c1. The van der Waals surface area contributed by atoms with Gasteiger partial charge in [-0.2, -0.15) is 0 Å². The molecular formula is C20H23ClN3OS+. The number of amides is 1. The van der Waals surface area contributed by atoms with E-state index < -0.39 is 0 Å². The van der Waals surface area contributed by atoms with Crippen LogP contribution in [-0.4, -0.2) is 38.1 Å². The third-order valence-electron chi connectivity index (χ3n) is 4.27. The minimum atomic E-state index is -0.00222. The molecule has 0 unspecified atom stereocenters. The number of hydrogen-bond donors (Lipinski definition) is 1. The van der Waals surface area contributed by atoms with E-state index in [-0.39, 0.29) is 5.91 Å². The molecule has 1 aromatic heterocycles. The number of rotatable bonds is 5. The van der Waals surface area contributed by atoms with Crippen molar-refractivity contribution in [1.29, 1.82) is 0 Å². The van der Waals surface area contributed by atoms with Crippen LogP contribution < -0.4 is 9.80 Å². The van der Waals surface area contributed by atoms with E-state index in [9.17, 15) is 4.79 Å². The van der Waals surface area contributed by atoms with E-state index in [0.717, 1.165) is 38.6 Å². The number of hydrogen-bond acceptors (Lipinski definition) is 3. The summed E-state index contributed by atoms with van der Waals surface area (Å²) < 4.78 is 0.989. The minimum absolute atomic E-state index is 0.00222. The molecule has 1 N–H and O–H groups in total. The number of carbonyl (C=O) groups excluding carboxylic acids is 1. The van der Waals surface area contributed by atoms with Gasteiger partial charge in [-0.15, -0.1) is 0 Å². The molecule has 6 heteroatoms. The molecule has 0 aliphatic rings. The minimum Gasteiger partial charge on any atom is -0.338 e. The summed E-state index contributed by atoms with van der Waals surface area (Å²) in [6, 6.07) is 11.6. The third-order valence-corrected chi connectivity index (χ3v) is 5.55. The fourth-order valence-corrected chi connectivity index (χ4v) is 4.00. The Morgan fingerprint density at radius 1 is 1.19 bits per heavy atom. The molecule has 3 rings (SSSR count). The van der Waals surface area contributed by atoms with Gasteiger partial charge in [0.05, 0.1) is 37.4 Å². The maximum atomic E-state index is 13.3. The number of halogens is 1. The predicted molar refractivity (Wildman–Crippen MR) is 110 cm³/mol. The van der Waals surface area contributed by atoms with Gasteiger partial charge in [-0.1, -0.05) is 40.6 Å². The Morgan fingerprint density at radius 2 is 1.96 bits per heavy atom. The van der Waals surface area contributed by atoms with Crippen LogP contribution >= 0.6 is 22.9 Å². The Bertz CT molecular complexity index is 951. The number of nitrogens with one attached hydrogen (secondary N) is 1. The van der Waals surface area contributed by atoms with E-state index in [1.807, 2.05) is 50.2 Å². The second-order valence-electron chi connectivity index (χ2n) is 6.84. The van der Waals surface area contributed by atoms with Gasteiger partial charge in [-0.3, -0.25) is 9.69 Å². The Kier molecular flexibility index (Phi) is 5.61. The molecule has 4 nitrogen and oxygen atoms in total. The lowest BCUT2D eigenvalue weighted by molar-refractivity contribution is -0.856. The summed E-state index contributed by atoms with van der Waals surface area (Å²) in [5.74, 6) is -0.00222. The lowest BCUT2D eigenvalue weighted by atomic mass is 10.0. The number of aromatic nitrogens is 1. The summed E-state index contributed by atoms with van der Waals surface area (Å²) in [4.78, 5) is 21.1. The summed E-state index contributed by atoms with van der Waals surface area (Å²) >= 11 is 7.61. The number of likely N-dealkylation sites (N-methyl/N-ethyl adjacent to an activating group) is 1. The highest BCUT2D eigenvalue weighted by molar-refractivity contribution is 7.22. The zero-order valence-electron chi connectivity index (χ0n) is 15.5. The molecule has 136 valence electrons. The zero-order valence-corrected chi connectivity index (χ0v) is 17.0. The second kappa shape index (κ2) is 7.74. The average Bonchev–Trinajstić information content (AvgIpc) is 2.99. The molecule has 0 bridgehead atoms. The van der Waals surface area contributed by atoms with Crippen LogP contribution in [-0.2, 0) is 0 Å². The van der Waals surface area contributed by atoms with Gasteiger partial charge in [0, 0.05) is 10.6 Å². The molecule has 0 saturated carbocycles. The highest BCUT2D eigenvalue weighted by Crippen LogP contribution is 2.31. The number of carbonyl (C=O) groups is 1. The molecule has 0 fully saturated rings. The van der Waals surface area contributed by atoms with Crippen LogP contribution in [0.4, 0.5) is 5.13 Å². The monoisotopic (exact) mass is 388 g/mol. The number of aryl methyl sites for hydroxylation is 2. The fraction of sp³-hybridized carbons (Fsp3) is 0.300. The van der Waals surface area contributed by atoms with Crippen molar-refractivity contribution in [2.45, 2.75) is 13.8 Å². The first-order valence-electron chi connectivity index (χ1n) is 8.59. The van der Waals surface area contributed by atoms with Gasteiger partial charge in [-0.05, 0) is 43.7 Å². The van der Waals surface area contributed by atoms with Crippen molar-refractivity contribution in [1.82, 2.24) is 4.98 Å². The van der Waals surface area contributed by atoms with Crippen molar-refractivity contribution >= 4 is 44.2 Å². The summed E-state index contributed by atoms with van der Waals surface area (Å²) in [5, 5.41) is 1.40. The Hall–Kier alpha value is -1.95. The Morgan fingerprint density at radius 3 is 2.69 bits per heavy atom. The summed E-state index contributed by atoms with van der Waals surface area (Å²) in [6.07, 6.45) is 0. The lowest BCUT2D eigenvalue weighted by Crippen LogP contribution is -3.06. The molecule has 0 atom stereocenters. The topological polar surface area (TPSA) is 37.6 Å². The van der Waals surface area contributed by atoms with Crippen LogP contribution in [0.25, 0.3) is 10.2 Å². The molecule has 0 spiro atoms. The van der Waals surface area contributed by atoms with Gasteiger partial charge in [0.15, 0.2) is 5.13 Å². The van der Waals surface area contributed by atoms with E-state index in [4.69, 9.17) is 11.6 Å². The van der Waals surface area contributed by atoms with Gasteiger partial charge in [0.25, 0.3) is 5.91 Å². The van der Waals surface area contributed by atoms with Crippen molar-refractivity contribution < 1.29 is 9.69 Å². The van der Waals surface area contributed by atoms with Crippen LogP contribution in [0, 0.1) is 13.8 Å². The first kappa shape index (κ1) is 18.8. The molecule has 2 aromatic carbocycles. The number of thiazole rings is 1. The van der Waals surface area contributed by atoms with Gasteiger partial charge in [-0.25, -0.2) is 4.98 Å². The molecule has 0 radical (unpaired) electrons. The summed E-state index contributed by atoms with van der Waals surface area (Å²) in [5.41, 5.74) is 3.65. The van der Waals surface area contributed by atoms with Gasteiger partial charge in [0.1, 0.15) is 0 Å². The van der Waals surface area contributed by atoms with Crippen LogP contribution in [0.2, 0.25) is 5.02 Å². The van der Waals surface area contributed by atoms with E-state index >= 15 is 0 Å². The summed E-state index contributed by atoms with van der Waals surface area (Å²) in [6.45, 7) is 5.43. The number of benzene rings is 2. The van der Waals surface area contributed by atoms with Crippen LogP contribution in [0.3, 0.4) is 0 Å². The standard InChI is InChI=1S/C20H22ClN3OS/c1-13-5-6-14(2)16(11-13)19(25)24(10-9-23(3)4)20-22-17-8-7-15(21)12-18(17)26-20/h5-8,11-12H,9-10H2,1-4H3/p+1. The number of fused-ring (bicyclic) bond motifs is 1. The first-order chi connectivity index (χ1) is 12.3. The Labute approximate surface area is 163 Å². The van der Waals surface area contributed by atoms with Gasteiger partial charge in [0.2, 0.25) is 0 Å². The van der Waals surface area contributed by atoms with Crippen LogP contribution in [0.1, 0.15) is 21.5 Å². The highest BCUT2D eigenvalue weighted by Gasteiger charge is 2.23. The number of nitrogens with zero attached hydrogens (tertiary/aromatic N) is 2. The van der Waals surface area contributed by atoms with Crippen molar-refractivity contribution in [3.05, 3.63) is 58.1 Å². The molecule has 3 aromatic rings. The zero-order chi connectivity index (χ0) is 18.8. The van der Waals surface area contributed by atoms with E-state index in [0.29, 0.717) is 11.6 Å². The number of quaternary nitrogens is 1. The van der Waals surface area contributed by atoms with E-state index in [1.165, 1.54) is 16.2 Å². The normalized spacial score (nSPS) is 11.3. The predicted octanol–water partition coefficient (Wildman–Crippen LogP) is 3.36. The molecule has 1 amide bonds. The first-order valence-corrected chi connectivity index (χ1v) is 9.79. The Balaban J connectivity index is 2.03. The van der Waals surface area contributed by atoms with Gasteiger partial charge >= 0.3 is 0 Å². The molecule has 1 heterocycles. The molecule has 26 heavy (non-hydrogen) atoms. The van der Waals surface area contributed by atoms with E-state index in [2.05, 4.69) is 19.1 Å². The third kappa shape index (κ3) is 4.06. The van der Waals surface area contributed by atoms with Crippen molar-refractivity contribution in [2.24, 2.45) is 0 Å². The van der Waals surface area contributed by atoms with Crippen LogP contribution in [0.15, 0.2) is 36.4 Å². The lowest BCUT2D eigenvalue weighted by Gasteiger charge is -2.21. The maximum Gasteiger partial charge on any atom is 0.260 e. The van der Waals surface area contributed by atoms with E-state index in [1.54, 1.807) is 4.90 Å². The molecule has 0 saturated heterocycles. The smallest absolute Gasteiger partial charge is 0.260 e. The number of anilines is 1. The largest absolute Gasteiger partial charge is 0.338 e.